The van der Waals surface area contributed by atoms with E-state index in [1.165, 1.54) is 0 Å². The van der Waals surface area contributed by atoms with E-state index in [0.717, 1.165) is 16.8 Å². The zero-order valence-electron chi connectivity index (χ0n) is 10.1. The van der Waals surface area contributed by atoms with Crippen LogP contribution in [0.2, 0.25) is 0 Å². The van der Waals surface area contributed by atoms with Gasteiger partial charge in [-0.2, -0.15) is 0 Å². The Morgan fingerprint density at radius 3 is 2.82 bits per heavy atom. The van der Waals surface area contributed by atoms with Crippen LogP contribution in [0.1, 0.15) is 6.92 Å². The third kappa shape index (κ3) is 4.93. The van der Waals surface area contributed by atoms with E-state index in [1.54, 1.807) is 7.11 Å². The van der Waals surface area contributed by atoms with Gasteiger partial charge in [0.25, 0.3) is 0 Å². The molecule has 1 aromatic rings. The number of aliphatic hydroxyl groups is 1. The van der Waals surface area contributed by atoms with E-state index in [2.05, 4.69) is 21.2 Å². The third-order valence-corrected chi connectivity index (χ3v) is 2.82. The van der Waals surface area contributed by atoms with Crippen molar-refractivity contribution >= 4 is 15.9 Å². The molecule has 0 aliphatic carbocycles. The van der Waals surface area contributed by atoms with Crippen LogP contribution in [0.4, 0.5) is 0 Å². The fourth-order valence-electron chi connectivity index (χ4n) is 1.28. The van der Waals surface area contributed by atoms with Crippen LogP contribution in [0.15, 0.2) is 22.7 Å². The van der Waals surface area contributed by atoms with Crippen molar-refractivity contribution in [2.24, 2.45) is 0 Å². The van der Waals surface area contributed by atoms with Gasteiger partial charge in [-0.05, 0) is 40.7 Å². The normalized spacial score (nSPS) is 12.2. The van der Waals surface area contributed by atoms with Gasteiger partial charge in [0.15, 0.2) is 0 Å². The number of halogens is 1. The lowest BCUT2D eigenvalue weighted by Crippen LogP contribution is -2.31. The second-order valence-electron chi connectivity index (χ2n) is 3.57. The van der Waals surface area contributed by atoms with Gasteiger partial charge in [0.1, 0.15) is 24.2 Å². The highest BCUT2D eigenvalue weighted by molar-refractivity contribution is 9.10. The number of hydrogen-bond donors (Lipinski definition) is 2. The van der Waals surface area contributed by atoms with Crippen molar-refractivity contribution in [1.82, 2.24) is 5.32 Å². The number of nitrogens with one attached hydrogen (secondary N) is 1. The summed E-state index contributed by atoms with van der Waals surface area (Å²) < 4.78 is 11.4. The largest absolute Gasteiger partial charge is 0.497 e. The third-order valence-electron chi connectivity index (χ3n) is 2.20. The van der Waals surface area contributed by atoms with Gasteiger partial charge >= 0.3 is 0 Å². The first-order valence-corrected chi connectivity index (χ1v) is 6.31. The Labute approximate surface area is 110 Å². The van der Waals surface area contributed by atoms with Crippen LogP contribution in [-0.4, -0.2) is 38.0 Å². The molecule has 0 heterocycles. The van der Waals surface area contributed by atoms with E-state index in [0.29, 0.717) is 12.3 Å². The molecule has 0 saturated heterocycles. The fraction of sp³-hybridized carbons (Fsp3) is 0.500. The highest BCUT2D eigenvalue weighted by Crippen LogP contribution is 2.29. The molecular weight excluding hydrogens is 286 g/mol. The van der Waals surface area contributed by atoms with E-state index in [9.17, 15) is 5.11 Å². The van der Waals surface area contributed by atoms with Gasteiger partial charge in [-0.25, -0.2) is 0 Å². The van der Waals surface area contributed by atoms with Crippen molar-refractivity contribution in [3.05, 3.63) is 22.7 Å². The first kappa shape index (κ1) is 14.3. The number of aliphatic hydroxyl groups excluding tert-OH is 1. The zero-order chi connectivity index (χ0) is 12.7. The minimum atomic E-state index is -0.510. The smallest absolute Gasteiger partial charge is 0.133 e. The molecule has 0 amide bonds. The molecule has 1 unspecified atom stereocenters. The maximum Gasteiger partial charge on any atom is 0.133 e. The predicted molar refractivity (Wildman–Crippen MR) is 70.7 cm³/mol. The molecule has 1 atom stereocenters. The Kier molecular flexibility index (Phi) is 6.32. The van der Waals surface area contributed by atoms with Gasteiger partial charge in [-0.1, -0.05) is 6.92 Å². The second-order valence-corrected chi connectivity index (χ2v) is 4.42. The van der Waals surface area contributed by atoms with Gasteiger partial charge in [-0.15, -0.1) is 0 Å². The Hall–Kier alpha value is -0.780. The number of rotatable bonds is 7. The first-order chi connectivity index (χ1) is 8.17. The maximum atomic E-state index is 9.61. The fourth-order valence-corrected chi connectivity index (χ4v) is 1.75. The molecule has 0 radical (unpaired) electrons. The number of likely N-dealkylation sites (N-methyl/N-ethyl adjacent to an activating group) is 1. The summed E-state index contributed by atoms with van der Waals surface area (Å²) in [4.78, 5) is 0. The second kappa shape index (κ2) is 7.53. The van der Waals surface area contributed by atoms with Crippen molar-refractivity contribution in [2.45, 2.75) is 13.0 Å². The van der Waals surface area contributed by atoms with Gasteiger partial charge in [0, 0.05) is 6.54 Å². The minimum absolute atomic E-state index is 0.262. The lowest BCUT2D eigenvalue weighted by atomic mass is 10.3. The summed E-state index contributed by atoms with van der Waals surface area (Å²) >= 11 is 3.39. The summed E-state index contributed by atoms with van der Waals surface area (Å²) in [6, 6.07) is 5.45. The van der Waals surface area contributed by atoms with Crippen LogP contribution < -0.4 is 14.8 Å². The molecule has 0 bridgehead atoms. The van der Waals surface area contributed by atoms with Crippen LogP contribution in [0.5, 0.6) is 11.5 Å². The van der Waals surface area contributed by atoms with Crippen LogP contribution in [0.3, 0.4) is 0 Å². The predicted octanol–water partition coefficient (Wildman–Crippen LogP) is 1.81. The van der Waals surface area contributed by atoms with E-state index in [4.69, 9.17) is 9.47 Å². The average Bonchev–Trinajstić information content (AvgIpc) is 2.34. The molecule has 0 aliphatic heterocycles. The molecule has 0 aliphatic rings. The first-order valence-electron chi connectivity index (χ1n) is 5.52. The summed E-state index contributed by atoms with van der Waals surface area (Å²) in [5.41, 5.74) is 0. The van der Waals surface area contributed by atoms with Crippen LogP contribution in [0, 0.1) is 0 Å². The van der Waals surface area contributed by atoms with E-state index < -0.39 is 6.10 Å². The van der Waals surface area contributed by atoms with Crippen molar-refractivity contribution in [3.8, 4) is 11.5 Å². The van der Waals surface area contributed by atoms with Gasteiger partial charge < -0.3 is 19.9 Å². The number of benzene rings is 1. The Bertz CT molecular complexity index is 347. The van der Waals surface area contributed by atoms with Crippen LogP contribution in [0.25, 0.3) is 0 Å². The molecular formula is C12H18BrNO3. The summed E-state index contributed by atoms with van der Waals surface area (Å²) in [7, 11) is 1.61. The molecule has 0 saturated carbocycles. The van der Waals surface area contributed by atoms with E-state index >= 15 is 0 Å². The molecule has 1 rings (SSSR count). The lowest BCUT2D eigenvalue weighted by molar-refractivity contribution is 0.106. The van der Waals surface area contributed by atoms with E-state index in [1.807, 2.05) is 25.1 Å². The molecule has 0 aromatic heterocycles. The lowest BCUT2D eigenvalue weighted by Gasteiger charge is -2.14. The molecule has 4 nitrogen and oxygen atoms in total. The summed E-state index contributed by atoms with van der Waals surface area (Å²) in [5, 5.41) is 12.7. The van der Waals surface area contributed by atoms with Crippen LogP contribution in [-0.2, 0) is 0 Å². The zero-order valence-corrected chi connectivity index (χ0v) is 11.7. The van der Waals surface area contributed by atoms with Crippen molar-refractivity contribution < 1.29 is 14.6 Å². The Morgan fingerprint density at radius 2 is 2.24 bits per heavy atom. The van der Waals surface area contributed by atoms with Gasteiger partial charge in [0.05, 0.1) is 11.6 Å². The minimum Gasteiger partial charge on any atom is -0.497 e. The number of methoxy groups -OCH3 is 1. The molecule has 1 aromatic carbocycles. The van der Waals surface area contributed by atoms with Crippen molar-refractivity contribution in [3.63, 3.8) is 0 Å². The quantitative estimate of drug-likeness (QED) is 0.806. The summed E-state index contributed by atoms with van der Waals surface area (Å²) in [6.45, 7) is 3.62. The standard InChI is InChI=1S/C12H18BrNO3/c1-3-14-7-9(15)8-17-12-5-4-10(16-2)6-11(12)13/h4-6,9,14-15H,3,7-8H2,1-2H3. The average molecular weight is 304 g/mol. The number of hydrogen-bond acceptors (Lipinski definition) is 4. The highest BCUT2D eigenvalue weighted by atomic mass is 79.9. The number of ether oxygens (including phenoxy) is 2. The van der Waals surface area contributed by atoms with Gasteiger partial charge in [0.2, 0.25) is 0 Å². The molecule has 17 heavy (non-hydrogen) atoms. The molecule has 0 fully saturated rings. The Balaban J connectivity index is 2.46. The van der Waals surface area contributed by atoms with E-state index in [-0.39, 0.29) is 6.61 Å². The molecule has 0 spiro atoms. The molecule has 2 N–H and O–H groups in total. The van der Waals surface area contributed by atoms with Gasteiger partial charge in [-0.3, -0.25) is 0 Å². The maximum absolute atomic E-state index is 9.61. The van der Waals surface area contributed by atoms with Crippen LogP contribution >= 0.6 is 15.9 Å². The summed E-state index contributed by atoms with van der Waals surface area (Å²) in [6.07, 6.45) is -0.510. The van der Waals surface area contributed by atoms with Crippen molar-refractivity contribution in [1.29, 1.82) is 0 Å². The molecule has 96 valence electrons. The van der Waals surface area contributed by atoms with Crippen molar-refractivity contribution in [2.75, 3.05) is 26.8 Å². The highest BCUT2D eigenvalue weighted by Gasteiger charge is 2.07. The Morgan fingerprint density at radius 1 is 1.47 bits per heavy atom. The summed E-state index contributed by atoms with van der Waals surface area (Å²) in [5.74, 6) is 1.46. The SMILES string of the molecule is CCNCC(O)COc1ccc(OC)cc1Br. The monoisotopic (exact) mass is 303 g/mol. The topological polar surface area (TPSA) is 50.7 Å². The molecule has 5 heteroatoms.